The lowest BCUT2D eigenvalue weighted by Gasteiger charge is -2.35. The van der Waals surface area contributed by atoms with E-state index in [1.165, 1.54) is 12.2 Å². The lowest BCUT2D eigenvalue weighted by Crippen LogP contribution is -2.48. The van der Waals surface area contributed by atoms with Gasteiger partial charge in [-0.05, 0) is 19.3 Å². The number of amides is 1. The Labute approximate surface area is 78.4 Å². The van der Waals surface area contributed by atoms with Crippen LogP contribution >= 0.6 is 0 Å². The standard InChI is InChI=1S/C9H17NO3/c1-3-8(11)7-5-4-6-9(12)10(7)13-2/h7-8,11H,3-6H2,1-2H3/t7-,8-/m0/s1. The van der Waals surface area contributed by atoms with E-state index in [1.54, 1.807) is 0 Å². The van der Waals surface area contributed by atoms with Gasteiger partial charge in [0.15, 0.2) is 0 Å². The van der Waals surface area contributed by atoms with Gasteiger partial charge in [-0.2, -0.15) is 0 Å². The molecule has 0 aromatic rings. The molecular weight excluding hydrogens is 170 g/mol. The summed E-state index contributed by atoms with van der Waals surface area (Å²) < 4.78 is 0. The van der Waals surface area contributed by atoms with Crippen molar-refractivity contribution in [1.29, 1.82) is 0 Å². The lowest BCUT2D eigenvalue weighted by molar-refractivity contribution is -0.206. The maximum Gasteiger partial charge on any atom is 0.246 e. The summed E-state index contributed by atoms with van der Waals surface area (Å²) in [5, 5.41) is 10.9. The molecule has 0 radical (unpaired) electrons. The van der Waals surface area contributed by atoms with E-state index in [4.69, 9.17) is 4.84 Å². The molecular formula is C9H17NO3. The predicted octanol–water partition coefficient (Wildman–Crippen LogP) is 0.700. The SMILES string of the molecule is CC[C@H](O)[C@@H]1CCCC(=O)N1OC. The van der Waals surface area contributed by atoms with E-state index in [0.717, 1.165) is 12.8 Å². The van der Waals surface area contributed by atoms with Crippen molar-refractivity contribution in [1.82, 2.24) is 5.06 Å². The molecule has 1 aliphatic heterocycles. The second-order valence-corrected chi connectivity index (χ2v) is 3.34. The van der Waals surface area contributed by atoms with E-state index >= 15 is 0 Å². The summed E-state index contributed by atoms with van der Waals surface area (Å²) >= 11 is 0. The molecule has 1 amide bonds. The van der Waals surface area contributed by atoms with E-state index in [0.29, 0.717) is 12.8 Å². The highest BCUT2D eigenvalue weighted by Gasteiger charge is 2.32. The normalized spacial score (nSPS) is 26.2. The minimum absolute atomic E-state index is 0.0220. The number of carbonyl (C=O) groups excluding carboxylic acids is 1. The van der Waals surface area contributed by atoms with Crippen molar-refractivity contribution < 1.29 is 14.7 Å². The lowest BCUT2D eigenvalue weighted by atomic mass is 9.97. The molecule has 0 bridgehead atoms. The van der Waals surface area contributed by atoms with Gasteiger partial charge in [0.25, 0.3) is 0 Å². The first-order valence-corrected chi connectivity index (χ1v) is 4.75. The van der Waals surface area contributed by atoms with Gasteiger partial charge < -0.3 is 5.11 Å². The van der Waals surface area contributed by atoms with Crippen molar-refractivity contribution in [2.75, 3.05) is 7.11 Å². The summed E-state index contributed by atoms with van der Waals surface area (Å²) in [7, 11) is 1.47. The van der Waals surface area contributed by atoms with Crippen molar-refractivity contribution in [2.24, 2.45) is 0 Å². The zero-order valence-electron chi connectivity index (χ0n) is 8.19. The Kier molecular flexibility index (Phi) is 3.69. The molecule has 1 heterocycles. The smallest absolute Gasteiger partial charge is 0.246 e. The number of carbonyl (C=O) groups is 1. The average molecular weight is 187 g/mol. The van der Waals surface area contributed by atoms with E-state index in [9.17, 15) is 9.90 Å². The molecule has 0 aliphatic carbocycles. The number of hydrogen-bond donors (Lipinski definition) is 1. The van der Waals surface area contributed by atoms with Crippen LogP contribution in [0.15, 0.2) is 0 Å². The van der Waals surface area contributed by atoms with Crippen molar-refractivity contribution >= 4 is 5.91 Å². The van der Waals surface area contributed by atoms with Crippen LogP contribution in [0.5, 0.6) is 0 Å². The first kappa shape index (κ1) is 10.5. The summed E-state index contributed by atoms with van der Waals surface area (Å²) in [4.78, 5) is 16.3. The van der Waals surface area contributed by atoms with Gasteiger partial charge in [0, 0.05) is 6.42 Å². The minimum atomic E-state index is -0.468. The van der Waals surface area contributed by atoms with Crippen LogP contribution in [-0.2, 0) is 9.63 Å². The van der Waals surface area contributed by atoms with Crippen LogP contribution in [0.25, 0.3) is 0 Å². The maximum absolute atomic E-state index is 11.3. The second-order valence-electron chi connectivity index (χ2n) is 3.34. The third kappa shape index (κ3) is 2.19. The third-order valence-electron chi connectivity index (χ3n) is 2.50. The molecule has 1 aliphatic rings. The van der Waals surface area contributed by atoms with E-state index in [1.807, 2.05) is 6.92 Å². The van der Waals surface area contributed by atoms with Gasteiger partial charge in [0.1, 0.15) is 0 Å². The van der Waals surface area contributed by atoms with Crippen molar-refractivity contribution in [2.45, 2.75) is 44.8 Å². The quantitative estimate of drug-likeness (QED) is 0.707. The molecule has 0 spiro atoms. The van der Waals surface area contributed by atoms with E-state index in [-0.39, 0.29) is 11.9 Å². The monoisotopic (exact) mass is 187 g/mol. The highest BCUT2D eigenvalue weighted by atomic mass is 16.7. The molecule has 0 saturated carbocycles. The Morgan fingerprint density at radius 1 is 1.77 bits per heavy atom. The van der Waals surface area contributed by atoms with Crippen LogP contribution in [0.4, 0.5) is 0 Å². The van der Waals surface area contributed by atoms with Crippen LogP contribution in [0.2, 0.25) is 0 Å². The zero-order chi connectivity index (χ0) is 9.84. The first-order chi connectivity index (χ1) is 6.20. The van der Waals surface area contributed by atoms with Gasteiger partial charge in [-0.25, -0.2) is 5.06 Å². The fraction of sp³-hybridized carbons (Fsp3) is 0.889. The van der Waals surface area contributed by atoms with Gasteiger partial charge in [0.2, 0.25) is 5.91 Å². The topological polar surface area (TPSA) is 49.8 Å². The Hall–Kier alpha value is -0.610. The molecule has 0 aromatic carbocycles. The number of rotatable bonds is 3. The molecule has 1 saturated heterocycles. The summed E-state index contributed by atoms with van der Waals surface area (Å²) in [6.45, 7) is 1.90. The highest BCUT2D eigenvalue weighted by molar-refractivity contribution is 5.76. The van der Waals surface area contributed by atoms with Crippen molar-refractivity contribution in [3.8, 4) is 0 Å². The second kappa shape index (κ2) is 4.58. The van der Waals surface area contributed by atoms with E-state index in [2.05, 4.69) is 0 Å². The Morgan fingerprint density at radius 2 is 2.46 bits per heavy atom. The molecule has 4 heteroatoms. The molecule has 1 N–H and O–H groups in total. The minimum Gasteiger partial charge on any atom is -0.391 e. The number of nitrogens with zero attached hydrogens (tertiary/aromatic N) is 1. The zero-order valence-corrected chi connectivity index (χ0v) is 8.19. The fourth-order valence-corrected chi connectivity index (χ4v) is 1.73. The third-order valence-corrected chi connectivity index (χ3v) is 2.50. The van der Waals surface area contributed by atoms with Gasteiger partial charge >= 0.3 is 0 Å². The number of hydroxylamine groups is 2. The fourth-order valence-electron chi connectivity index (χ4n) is 1.73. The molecule has 4 nitrogen and oxygen atoms in total. The Balaban J connectivity index is 2.64. The molecule has 1 rings (SSSR count). The van der Waals surface area contributed by atoms with Crippen LogP contribution in [0, 0.1) is 0 Å². The first-order valence-electron chi connectivity index (χ1n) is 4.75. The largest absolute Gasteiger partial charge is 0.391 e. The summed E-state index contributed by atoms with van der Waals surface area (Å²) in [6, 6.07) is -0.156. The Morgan fingerprint density at radius 3 is 3.00 bits per heavy atom. The Bertz CT molecular complexity index is 184. The van der Waals surface area contributed by atoms with Crippen molar-refractivity contribution in [3.05, 3.63) is 0 Å². The summed E-state index contributed by atoms with van der Waals surface area (Å²) in [5.74, 6) is -0.0220. The number of aliphatic hydroxyl groups excluding tert-OH is 1. The van der Waals surface area contributed by atoms with Gasteiger partial charge in [0.05, 0.1) is 19.3 Å². The number of aliphatic hydroxyl groups is 1. The molecule has 13 heavy (non-hydrogen) atoms. The molecule has 1 fully saturated rings. The molecule has 0 aromatic heterocycles. The van der Waals surface area contributed by atoms with Gasteiger partial charge in [-0.15, -0.1) is 0 Å². The van der Waals surface area contributed by atoms with Gasteiger partial charge in [-0.1, -0.05) is 6.92 Å². The predicted molar refractivity (Wildman–Crippen MR) is 47.8 cm³/mol. The number of piperidine rings is 1. The van der Waals surface area contributed by atoms with E-state index < -0.39 is 6.10 Å². The number of hydrogen-bond acceptors (Lipinski definition) is 3. The van der Waals surface area contributed by atoms with Crippen LogP contribution in [0.1, 0.15) is 32.6 Å². The van der Waals surface area contributed by atoms with Crippen LogP contribution < -0.4 is 0 Å². The average Bonchev–Trinajstić information content (AvgIpc) is 2.16. The van der Waals surface area contributed by atoms with Crippen LogP contribution in [0.3, 0.4) is 0 Å². The molecule has 0 unspecified atom stereocenters. The molecule has 76 valence electrons. The van der Waals surface area contributed by atoms with Gasteiger partial charge in [-0.3, -0.25) is 9.63 Å². The van der Waals surface area contributed by atoms with Crippen LogP contribution in [-0.4, -0.2) is 35.3 Å². The van der Waals surface area contributed by atoms with Crippen molar-refractivity contribution in [3.63, 3.8) is 0 Å². The summed E-state index contributed by atoms with van der Waals surface area (Å²) in [5.41, 5.74) is 0. The maximum atomic E-state index is 11.3. The molecule has 2 atom stereocenters. The summed E-state index contributed by atoms with van der Waals surface area (Å²) in [6.07, 6.45) is 2.39. The highest BCUT2D eigenvalue weighted by Crippen LogP contribution is 2.21.